The third kappa shape index (κ3) is 4.02. The predicted octanol–water partition coefficient (Wildman–Crippen LogP) is 1.11. The SMILES string of the molecule is C=C/C=C(\C=C/C)S(=O)(=O)NOC. The van der Waals surface area contributed by atoms with Crippen molar-refractivity contribution in [3.63, 3.8) is 0 Å². The minimum Gasteiger partial charge on any atom is -0.290 e. The van der Waals surface area contributed by atoms with Crippen molar-refractivity contribution in [2.24, 2.45) is 0 Å². The Balaban J connectivity index is 4.96. The molecule has 1 N–H and O–H groups in total. The minimum atomic E-state index is -3.57. The molecule has 0 aromatic carbocycles. The zero-order chi connectivity index (χ0) is 10.3. The number of allylic oxidation sites excluding steroid dienone is 4. The topological polar surface area (TPSA) is 55.4 Å². The van der Waals surface area contributed by atoms with Crippen LogP contribution in [0.1, 0.15) is 6.92 Å². The fourth-order valence-corrected chi connectivity index (χ4v) is 1.58. The van der Waals surface area contributed by atoms with E-state index in [-0.39, 0.29) is 4.91 Å². The highest BCUT2D eigenvalue weighted by Gasteiger charge is 2.12. The standard InChI is InChI=1S/C8H13NO3S/c1-4-6-8(7-5-2)13(10,11)9-12-3/h4-7,9H,1H2,2-3H3/b7-5-,8-6+. The molecule has 0 aliphatic carbocycles. The molecule has 0 bridgehead atoms. The van der Waals surface area contributed by atoms with Crippen LogP contribution in [0.3, 0.4) is 0 Å². The van der Waals surface area contributed by atoms with Crippen LogP contribution in [-0.2, 0) is 14.9 Å². The predicted molar refractivity (Wildman–Crippen MR) is 52.2 cm³/mol. The van der Waals surface area contributed by atoms with Crippen LogP contribution >= 0.6 is 0 Å². The monoisotopic (exact) mass is 203 g/mol. The van der Waals surface area contributed by atoms with Gasteiger partial charge in [0.15, 0.2) is 0 Å². The van der Waals surface area contributed by atoms with Crippen LogP contribution < -0.4 is 4.89 Å². The molecule has 4 nitrogen and oxygen atoms in total. The number of rotatable bonds is 5. The third-order valence-corrected chi connectivity index (χ3v) is 2.40. The summed E-state index contributed by atoms with van der Waals surface area (Å²) in [5.74, 6) is 0. The second kappa shape index (κ2) is 5.69. The van der Waals surface area contributed by atoms with Crippen molar-refractivity contribution in [2.75, 3.05) is 7.11 Å². The molecule has 0 aliphatic heterocycles. The first kappa shape index (κ1) is 12.1. The van der Waals surface area contributed by atoms with E-state index in [0.717, 1.165) is 0 Å². The Morgan fingerprint density at radius 1 is 1.54 bits per heavy atom. The Kier molecular flexibility index (Phi) is 5.29. The molecule has 0 fully saturated rings. The van der Waals surface area contributed by atoms with Gasteiger partial charge in [-0.1, -0.05) is 23.6 Å². The highest BCUT2D eigenvalue weighted by atomic mass is 32.2. The summed E-state index contributed by atoms with van der Waals surface area (Å²) in [6.07, 6.45) is 5.83. The van der Waals surface area contributed by atoms with Gasteiger partial charge in [0.1, 0.15) is 0 Å². The molecule has 0 atom stereocenters. The van der Waals surface area contributed by atoms with Gasteiger partial charge in [-0.15, -0.1) is 0 Å². The van der Waals surface area contributed by atoms with Crippen LogP contribution in [-0.4, -0.2) is 15.5 Å². The Morgan fingerprint density at radius 3 is 2.54 bits per heavy atom. The maximum absolute atomic E-state index is 11.3. The molecule has 0 saturated heterocycles. The first-order chi connectivity index (χ1) is 6.08. The highest BCUT2D eigenvalue weighted by Crippen LogP contribution is 2.06. The molecule has 0 amide bonds. The Bertz CT molecular complexity index is 314. The van der Waals surface area contributed by atoms with Gasteiger partial charge in [-0.3, -0.25) is 4.84 Å². The van der Waals surface area contributed by atoms with E-state index in [0.29, 0.717) is 0 Å². The Labute approximate surface area is 78.6 Å². The number of hydrogen-bond donors (Lipinski definition) is 1. The van der Waals surface area contributed by atoms with Crippen LogP contribution in [0.15, 0.2) is 35.8 Å². The van der Waals surface area contributed by atoms with Crippen LogP contribution in [0.4, 0.5) is 0 Å². The van der Waals surface area contributed by atoms with Crippen molar-refractivity contribution >= 4 is 10.0 Å². The summed E-state index contributed by atoms with van der Waals surface area (Å²) >= 11 is 0. The average Bonchev–Trinajstić information content (AvgIpc) is 2.04. The second-order valence-corrected chi connectivity index (χ2v) is 3.74. The van der Waals surface area contributed by atoms with Gasteiger partial charge >= 0.3 is 0 Å². The van der Waals surface area contributed by atoms with E-state index < -0.39 is 10.0 Å². The van der Waals surface area contributed by atoms with Crippen LogP contribution in [0, 0.1) is 0 Å². The minimum absolute atomic E-state index is 0.104. The zero-order valence-corrected chi connectivity index (χ0v) is 8.47. The van der Waals surface area contributed by atoms with Crippen molar-refractivity contribution in [3.05, 3.63) is 35.8 Å². The molecule has 0 heterocycles. The fourth-order valence-electron chi connectivity index (χ4n) is 0.673. The van der Waals surface area contributed by atoms with E-state index in [1.165, 1.54) is 25.3 Å². The van der Waals surface area contributed by atoms with E-state index in [4.69, 9.17) is 0 Å². The zero-order valence-electron chi connectivity index (χ0n) is 7.65. The van der Waals surface area contributed by atoms with Crippen molar-refractivity contribution < 1.29 is 13.3 Å². The smallest absolute Gasteiger partial charge is 0.262 e. The van der Waals surface area contributed by atoms with E-state index >= 15 is 0 Å². The summed E-state index contributed by atoms with van der Waals surface area (Å²) in [6.45, 7) is 5.13. The van der Waals surface area contributed by atoms with E-state index in [2.05, 4.69) is 11.4 Å². The molecule has 0 aromatic heterocycles. The highest BCUT2D eigenvalue weighted by molar-refractivity contribution is 7.93. The quantitative estimate of drug-likeness (QED) is 0.538. The normalized spacial score (nSPS) is 13.5. The van der Waals surface area contributed by atoms with Gasteiger partial charge in [0.05, 0.1) is 12.0 Å². The van der Waals surface area contributed by atoms with Gasteiger partial charge < -0.3 is 0 Å². The lowest BCUT2D eigenvalue weighted by Gasteiger charge is -2.03. The first-order valence-electron chi connectivity index (χ1n) is 3.58. The summed E-state index contributed by atoms with van der Waals surface area (Å²) < 4.78 is 22.6. The van der Waals surface area contributed by atoms with E-state index in [9.17, 15) is 8.42 Å². The van der Waals surface area contributed by atoms with Gasteiger partial charge in [-0.05, 0) is 19.1 Å². The molecule has 13 heavy (non-hydrogen) atoms. The molecule has 0 unspecified atom stereocenters. The summed E-state index contributed by atoms with van der Waals surface area (Å²) in [6, 6.07) is 0. The molecular weight excluding hydrogens is 190 g/mol. The van der Waals surface area contributed by atoms with Crippen LogP contribution in [0.5, 0.6) is 0 Å². The maximum Gasteiger partial charge on any atom is 0.262 e. The van der Waals surface area contributed by atoms with E-state index in [1.807, 2.05) is 4.89 Å². The molecule has 5 heteroatoms. The molecule has 0 spiro atoms. The van der Waals surface area contributed by atoms with Gasteiger partial charge in [0.2, 0.25) is 0 Å². The molecule has 0 aromatic rings. The van der Waals surface area contributed by atoms with Gasteiger partial charge in [0.25, 0.3) is 10.0 Å². The lowest BCUT2D eigenvalue weighted by molar-refractivity contribution is 0.154. The van der Waals surface area contributed by atoms with Crippen LogP contribution in [0.25, 0.3) is 0 Å². The average molecular weight is 203 g/mol. The van der Waals surface area contributed by atoms with Crippen molar-refractivity contribution in [1.82, 2.24) is 4.89 Å². The molecule has 74 valence electrons. The summed E-state index contributed by atoms with van der Waals surface area (Å²) in [5, 5.41) is 0. The number of sulfonamides is 1. The third-order valence-electron chi connectivity index (χ3n) is 1.12. The maximum atomic E-state index is 11.3. The van der Waals surface area contributed by atoms with Gasteiger partial charge in [-0.2, -0.15) is 0 Å². The largest absolute Gasteiger partial charge is 0.290 e. The Morgan fingerprint density at radius 2 is 2.15 bits per heavy atom. The first-order valence-corrected chi connectivity index (χ1v) is 5.07. The summed E-state index contributed by atoms with van der Waals surface area (Å²) in [7, 11) is -2.33. The number of nitrogens with one attached hydrogen (secondary N) is 1. The van der Waals surface area contributed by atoms with Crippen molar-refractivity contribution in [2.45, 2.75) is 6.92 Å². The molecular formula is C8H13NO3S. The van der Waals surface area contributed by atoms with Crippen LogP contribution in [0.2, 0.25) is 0 Å². The summed E-state index contributed by atoms with van der Waals surface area (Å²) in [5.41, 5.74) is 0. The number of hydrogen-bond acceptors (Lipinski definition) is 3. The van der Waals surface area contributed by atoms with Gasteiger partial charge in [0, 0.05) is 0 Å². The lowest BCUT2D eigenvalue weighted by Crippen LogP contribution is -2.23. The molecule has 0 radical (unpaired) electrons. The molecule has 0 aliphatic rings. The van der Waals surface area contributed by atoms with Gasteiger partial charge in [-0.25, -0.2) is 8.42 Å². The van der Waals surface area contributed by atoms with E-state index in [1.54, 1.807) is 13.0 Å². The lowest BCUT2D eigenvalue weighted by atomic mass is 10.4. The van der Waals surface area contributed by atoms with Crippen molar-refractivity contribution in [1.29, 1.82) is 0 Å². The summed E-state index contributed by atoms with van der Waals surface area (Å²) in [4.78, 5) is 6.33. The Hall–Kier alpha value is -0.910. The second-order valence-electron chi connectivity index (χ2n) is 2.10. The molecule has 0 saturated carbocycles. The van der Waals surface area contributed by atoms with Crippen molar-refractivity contribution in [3.8, 4) is 0 Å². The fraction of sp³-hybridized carbons (Fsp3) is 0.250. The molecule has 0 rings (SSSR count).